The fraction of sp³-hybridized carbons (Fsp3) is 0.0833. The number of rotatable bonds is 4. The average Bonchev–Trinajstić information content (AvgIpc) is 2.84. The van der Waals surface area contributed by atoms with Gasteiger partial charge < -0.3 is 14.6 Å². The molecular weight excluding hydrogens is 284 g/mol. The van der Waals surface area contributed by atoms with Crippen molar-refractivity contribution in [2.24, 2.45) is 0 Å². The van der Waals surface area contributed by atoms with Crippen molar-refractivity contribution in [1.82, 2.24) is 4.98 Å². The van der Waals surface area contributed by atoms with Gasteiger partial charge in [0.05, 0.1) is 4.92 Å². The summed E-state index contributed by atoms with van der Waals surface area (Å²) in [6, 6.07) is 3.83. The van der Waals surface area contributed by atoms with E-state index in [1.807, 2.05) is 0 Å². The Morgan fingerprint density at radius 2 is 1.95 bits per heavy atom. The number of aromatic carboxylic acids is 2. The van der Waals surface area contributed by atoms with Gasteiger partial charge in [0.2, 0.25) is 17.3 Å². The molecule has 21 heavy (non-hydrogen) atoms. The number of hydrogen-bond donors (Lipinski definition) is 2. The summed E-state index contributed by atoms with van der Waals surface area (Å²) >= 11 is 0. The molecule has 0 aliphatic heterocycles. The normalized spacial score (nSPS) is 10.3. The number of non-ortho nitro benzene ring substituents is 1. The maximum Gasteiger partial charge on any atom is 0.374 e. The fourth-order valence-electron chi connectivity index (χ4n) is 1.68. The predicted molar refractivity (Wildman–Crippen MR) is 67.2 cm³/mol. The number of carbonyl (C=O) groups is 2. The number of benzene rings is 1. The second-order valence-electron chi connectivity index (χ2n) is 4.06. The first-order valence-electron chi connectivity index (χ1n) is 5.54. The zero-order chi connectivity index (χ0) is 15.7. The summed E-state index contributed by atoms with van der Waals surface area (Å²) in [7, 11) is 0. The Labute approximate surface area is 116 Å². The lowest BCUT2D eigenvalue weighted by Gasteiger charge is -2.00. The van der Waals surface area contributed by atoms with E-state index in [9.17, 15) is 19.7 Å². The molecule has 0 fully saturated rings. The Morgan fingerprint density at radius 3 is 2.43 bits per heavy atom. The molecule has 0 atom stereocenters. The predicted octanol–water partition coefficient (Wildman–Crippen LogP) is 1.95. The van der Waals surface area contributed by atoms with Gasteiger partial charge in [-0.1, -0.05) is 6.07 Å². The lowest BCUT2D eigenvalue weighted by Crippen LogP contribution is -2.05. The topological polar surface area (TPSA) is 144 Å². The summed E-state index contributed by atoms with van der Waals surface area (Å²) in [4.78, 5) is 35.6. The van der Waals surface area contributed by atoms with Crippen LogP contribution >= 0.6 is 0 Å². The summed E-state index contributed by atoms with van der Waals surface area (Å²) in [5.41, 5.74) is -0.333. The van der Waals surface area contributed by atoms with Gasteiger partial charge in [-0.15, -0.1) is 0 Å². The minimum absolute atomic E-state index is 0.152. The quantitative estimate of drug-likeness (QED) is 0.642. The van der Waals surface area contributed by atoms with Crippen LogP contribution in [-0.4, -0.2) is 32.1 Å². The van der Waals surface area contributed by atoms with Gasteiger partial charge in [-0.25, -0.2) is 14.6 Å². The Kier molecular flexibility index (Phi) is 3.40. The number of nitro groups is 1. The number of aryl methyl sites for hydroxylation is 1. The van der Waals surface area contributed by atoms with E-state index in [0.717, 1.165) is 6.07 Å². The van der Waals surface area contributed by atoms with E-state index in [1.165, 1.54) is 12.1 Å². The third kappa shape index (κ3) is 2.56. The zero-order valence-electron chi connectivity index (χ0n) is 10.6. The number of nitrogens with zero attached hydrogens (tertiary/aromatic N) is 2. The molecule has 0 aliphatic carbocycles. The molecular formula is C12H8N2O7. The molecule has 0 unspecified atom stereocenters. The fourth-order valence-corrected chi connectivity index (χ4v) is 1.68. The first kappa shape index (κ1) is 14.2. The van der Waals surface area contributed by atoms with Crippen molar-refractivity contribution in [1.29, 1.82) is 0 Å². The monoisotopic (exact) mass is 292 g/mol. The summed E-state index contributed by atoms with van der Waals surface area (Å²) in [6.45, 7) is 1.60. The highest BCUT2D eigenvalue weighted by atomic mass is 16.6. The summed E-state index contributed by atoms with van der Waals surface area (Å²) in [5, 5.41) is 28.5. The molecule has 0 spiro atoms. The van der Waals surface area contributed by atoms with Crippen molar-refractivity contribution in [3.63, 3.8) is 0 Å². The van der Waals surface area contributed by atoms with Gasteiger partial charge in [0, 0.05) is 17.7 Å². The third-order valence-electron chi connectivity index (χ3n) is 2.69. The van der Waals surface area contributed by atoms with Crippen LogP contribution in [0.3, 0.4) is 0 Å². The Hall–Kier alpha value is -3.23. The molecule has 1 aromatic heterocycles. The molecule has 2 rings (SSSR count). The van der Waals surface area contributed by atoms with E-state index < -0.39 is 28.3 Å². The van der Waals surface area contributed by atoms with Gasteiger partial charge >= 0.3 is 11.9 Å². The van der Waals surface area contributed by atoms with Crippen molar-refractivity contribution in [2.75, 3.05) is 0 Å². The van der Waals surface area contributed by atoms with Crippen LogP contribution in [0.25, 0.3) is 11.5 Å². The molecule has 9 nitrogen and oxygen atoms in total. The van der Waals surface area contributed by atoms with Crippen LogP contribution in [0.15, 0.2) is 22.6 Å². The van der Waals surface area contributed by atoms with Crippen molar-refractivity contribution in [2.45, 2.75) is 6.92 Å². The Balaban J connectivity index is 2.64. The highest BCUT2D eigenvalue weighted by molar-refractivity contribution is 5.98. The van der Waals surface area contributed by atoms with E-state index in [-0.39, 0.29) is 17.1 Å². The SMILES string of the molecule is Cc1ccc([N+](=O)[O-])cc1-c1nc(C(=O)O)c(C(=O)O)o1. The van der Waals surface area contributed by atoms with Crippen LogP contribution in [0.4, 0.5) is 5.69 Å². The van der Waals surface area contributed by atoms with Crippen LogP contribution in [0.2, 0.25) is 0 Å². The van der Waals surface area contributed by atoms with Crippen LogP contribution in [0.5, 0.6) is 0 Å². The molecule has 0 saturated carbocycles. The molecule has 0 radical (unpaired) electrons. The standard InChI is InChI=1S/C12H8N2O7/c1-5-2-3-6(14(19)20)4-7(5)10-13-8(11(15)16)9(21-10)12(17)18/h2-4H,1H3,(H,15,16)(H,17,18). The molecule has 9 heteroatoms. The van der Waals surface area contributed by atoms with E-state index in [4.69, 9.17) is 14.6 Å². The number of nitro benzene ring substituents is 1. The first-order chi connectivity index (χ1) is 9.81. The minimum Gasteiger partial charge on any atom is -0.476 e. The first-order valence-corrected chi connectivity index (χ1v) is 5.54. The zero-order valence-corrected chi connectivity index (χ0v) is 10.6. The smallest absolute Gasteiger partial charge is 0.374 e. The lowest BCUT2D eigenvalue weighted by molar-refractivity contribution is -0.384. The lowest BCUT2D eigenvalue weighted by atomic mass is 10.1. The Bertz CT molecular complexity index is 731. The summed E-state index contributed by atoms with van der Waals surface area (Å²) in [6.07, 6.45) is 0. The number of aromatic nitrogens is 1. The molecule has 0 saturated heterocycles. The number of hydrogen-bond acceptors (Lipinski definition) is 6. The minimum atomic E-state index is -1.59. The average molecular weight is 292 g/mol. The Morgan fingerprint density at radius 1 is 1.29 bits per heavy atom. The van der Waals surface area contributed by atoms with Gasteiger partial charge in [0.25, 0.3) is 5.69 Å². The van der Waals surface area contributed by atoms with Crippen molar-refractivity contribution >= 4 is 17.6 Å². The molecule has 1 aromatic carbocycles. The molecule has 1 heterocycles. The number of oxazole rings is 1. The van der Waals surface area contributed by atoms with Gasteiger partial charge in [0.15, 0.2) is 0 Å². The summed E-state index contributed by atoms with van der Waals surface area (Å²) in [5.74, 6) is -4.28. The van der Waals surface area contributed by atoms with Crippen LogP contribution in [-0.2, 0) is 0 Å². The van der Waals surface area contributed by atoms with Gasteiger partial charge in [-0.3, -0.25) is 10.1 Å². The van der Waals surface area contributed by atoms with Gasteiger partial charge in [-0.2, -0.15) is 0 Å². The largest absolute Gasteiger partial charge is 0.476 e. The second kappa shape index (κ2) is 5.04. The molecule has 0 bridgehead atoms. The van der Waals surface area contributed by atoms with E-state index >= 15 is 0 Å². The highest BCUT2D eigenvalue weighted by Crippen LogP contribution is 2.28. The second-order valence-corrected chi connectivity index (χ2v) is 4.06. The van der Waals surface area contributed by atoms with Crippen molar-refractivity contribution in [3.05, 3.63) is 45.3 Å². The molecule has 2 N–H and O–H groups in total. The number of carboxylic acid groups (broad SMARTS) is 2. The maximum atomic E-state index is 10.9. The summed E-state index contributed by atoms with van der Waals surface area (Å²) < 4.78 is 4.93. The van der Waals surface area contributed by atoms with Crippen LogP contribution in [0, 0.1) is 17.0 Å². The van der Waals surface area contributed by atoms with Crippen molar-refractivity contribution in [3.8, 4) is 11.5 Å². The maximum absolute atomic E-state index is 10.9. The van der Waals surface area contributed by atoms with Gasteiger partial charge in [0.1, 0.15) is 0 Å². The highest BCUT2D eigenvalue weighted by Gasteiger charge is 2.26. The van der Waals surface area contributed by atoms with Gasteiger partial charge in [-0.05, 0) is 12.5 Å². The molecule has 0 aliphatic rings. The number of carboxylic acids is 2. The van der Waals surface area contributed by atoms with E-state index in [1.54, 1.807) is 6.92 Å². The van der Waals surface area contributed by atoms with E-state index in [2.05, 4.69) is 4.98 Å². The third-order valence-corrected chi connectivity index (χ3v) is 2.69. The molecule has 108 valence electrons. The van der Waals surface area contributed by atoms with Crippen LogP contribution < -0.4 is 0 Å². The van der Waals surface area contributed by atoms with Crippen molar-refractivity contribution < 1.29 is 29.1 Å². The molecule has 0 amide bonds. The molecule has 2 aromatic rings. The van der Waals surface area contributed by atoms with E-state index in [0.29, 0.717) is 5.56 Å². The van der Waals surface area contributed by atoms with Crippen LogP contribution in [0.1, 0.15) is 26.6 Å².